The highest BCUT2D eigenvalue weighted by molar-refractivity contribution is 14.0. The molecule has 0 bridgehead atoms. The van der Waals surface area contributed by atoms with Crippen molar-refractivity contribution in [2.45, 2.75) is 64.6 Å². The van der Waals surface area contributed by atoms with Crippen LogP contribution >= 0.6 is 24.0 Å². The number of ether oxygens (including phenoxy) is 2. The van der Waals surface area contributed by atoms with Crippen molar-refractivity contribution < 1.29 is 9.47 Å². The molecule has 2 fully saturated rings. The molecule has 0 aromatic heterocycles. The van der Waals surface area contributed by atoms with Gasteiger partial charge in [-0.1, -0.05) is 18.6 Å². The first kappa shape index (κ1) is 25.2. The zero-order chi connectivity index (χ0) is 20.5. The Morgan fingerprint density at radius 1 is 1.27 bits per heavy atom. The zero-order valence-corrected chi connectivity index (χ0v) is 21.1. The van der Waals surface area contributed by atoms with E-state index in [1.54, 1.807) is 0 Å². The monoisotopic (exact) mass is 530 g/mol. The number of rotatable bonds is 8. The van der Waals surface area contributed by atoms with E-state index in [9.17, 15) is 0 Å². The van der Waals surface area contributed by atoms with E-state index in [1.807, 2.05) is 7.05 Å². The van der Waals surface area contributed by atoms with Gasteiger partial charge in [0, 0.05) is 44.7 Å². The Morgan fingerprint density at radius 2 is 2.13 bits per heavy atom. The highest BCUT2D eigenvalue weighted by Gasteiger charge is 2.19. The molecule has 0 aliphatic carbocycles. The first-order chi connectivity index (χ1) is 14.2. The van der Waals surface area contributed by atoms with Crippen molar-refractivity contribution in [2.24, 2.45) is 4.99 Å². The van der Waals surface area contributed by atoms with E-state index < -0.39 is 0 Å². The number of nitrogens with zero attached hydrogens (tertiary/aromatic N) is 2. The summed E-state index contributed by atoms with van der Waals surface area (Å²) in [6.45, 7) is 9.94. The predicted octanol–water partition coefficient (Wildman–Crippen LogP) is 3.71. The van der Waals surface area contributed by atoms with Crippen LogP contribution in [-0.2, 0) is 11.3 Å². The Balaban J connectivity index is 0.00000320. The van der Waals surface area contributed by atoms with Gasteiger partial charge in [0.1, 0.15) is 11.9 Å². The zero-order valence-electron chi connectivity index (χ0n) is 18.8. The summed E-state index contributed by atoms with van der Waals surface area (Å²) in [5.74, 6) is 1.79. The lowest BCUT2D eigenvalue weighted by Gasteiger charge is -2.33. The molecule has 1 aromatic rings. The molecule has 2 aliphatic rings. The molecule has 2 atom stereocenters. The van der Waals surface area contributed by atoms with Crippen LogP contribution < -0.4 is 15.4 Å². The third-order valence-electron chi connectivity index (χ3n) is 5.93. The number of benzene rings is 1. The molecule has 0 spiro atoms. The number of likely N-dealkylation sites (tertiary alicyclic amines) is 1. The van der Waals surface area contributed by atoms with Crippen LogP contribution in [0.3, 0.4) is 0 Å². The maximum absolute atomic E-state index is 6.20. The SMILES string of the molecule is CN=C(NCCCN1CCCCC1C)NCc1ccc(C)cc1OC1CCOC1.I. The normalized spacial score (nSPS) is 22.4. The Hall–Kier alpha value is -1.06. The van der Waals surface area contributed by atoms with E-state index in [0.29, 0.717) is 13.2 Å². The molecule has 0 radical (unpaired) electrons. The molecule has 0 amide bonds. The summed E-state index contributed by atoms with van der Waals surface area (Å²) in [6, 6.07) is 7.11. The quantitative estimate of drug-likeness (QED) is 0.232. The van der Waals surface area contributed by atoms with Crippen molar-refractivity contribution in [2.75, 3.05) is 39.9 Å². The molecule has 0 saturated carbocycles. The Morgan fingerprint density at radius 3 is 2.87 bits per heavy atom. The van der Waals surface area contributed by atoms with Gasteiger partial charge < -0.3 is 25.0 Å². The average Bonchev–Trinajstić information content (AvgIpc) is 3.23. The molecule has 2 saturated heterocycles. The molecule has 3 rings (SSSR count). The lowest BCUT2D eigenvalue weighted by molar-refractivity contribution is 0.140. The fraction of sp³-hybridized carbons (Fsp3) is 0.696. The van der Waals surface area contributed by atoms with Gasteiger partial charge in [-0.2, -0.15) is 0 Å². The minimum absolute atomic E-state index is 0. The van der Waals surface area contributed by atoms with Crippen molar-refractivity contribution in [3.8, 4) is 5.75 Å². The molecule has 2 N–H and O–H groups in total. The summed E-state index contributed by atoms with van der Waals surface area (Å²) in [6.07, 6.45) is 6.31. The van der Waals surface area contributed by atoms with Crippen LogP contribution in [0.15, 0.2) is 23.2 Å². The van der Waals surface area contributed by atoms with Crippen molar-refractivity contribution in [1.29, 1.82) is 0 Å². The van der Waals surface area contributed by atoms with Gasteiger partial charge in [-0.25, -0.2) is 0 Å². The summed E-state index contributed by atoms with van der Waals surface area (Å²) in [5.41, 5.74) is 2.35. The minimum Gasteiger partial charge on any atom is -0.488 e. The summed E-state index contributed by atoms with van der Waals surface area (Å²) in [5, 5.41) is 6.88. The van der Waals surface area contributed by atoms with Crippen LogP contribution in [0.5, 0.6) is 5.75 Å². The average molecular weight is 530 g/mol. The van der Waals surface area contributed by atoms with Gasteiger partial charge >= 0.3 is 0 Å². The lowest BCUT2D eigenvalue weighted by atomic mass is 10.0. The van der Waals surface area contributed by atoms with Crippen molar-refractivity contribution in [3.63, 3.8) is 0 Å². The highest BCUT2D eigenvalue weighted by Crippen LogP contribution is 2.23. The Kier molecular flexibility index (Phi) is 11.2. The third-order valence-corrected chi connectivity index (χ3v) is 5.93. The van der Waals surface area contributed by atoms with E-state index in [0.717, 1.165) is 55.9 Å². The van der Waals surface area contributed by atoms with Gasteiger partial charge in [-0.3, -0.25) is 4.99 Å². The summed E-state index contributed by atoms with van der Waals surface area (Å²) >= 11 is 0. The molecule has 7 heteroatoms. The van der Waals surface area contributed by atoms with Crippen molar-refractivity contribution in [3.05, 3.63) is 29.3 Å². The van der Waals surface area contributed by atoms with Crippen LogP contribution in [0.25, 0.3) is 0 Å². The first-order valence-electron chi connectivity index (χ1n) is 11.2. The van der Waals surface area contributed by atoms with Crippen LogP contribution in [-0.4, -0.2) is 62.9 Å². The molecule has 30 heavy (non-hydrogen) atoms. The maximum atomic E-state index is 6.20. The number of piperidine rings is 1. The minimum atomic E-state index is 0. The Labute approximate surface area is 199 Å². The molecular formula is C23H39IN4O2. The van der Waals surface area contributed by atoms with Gasteiger partial charge in [0.25, 0.3) is 0 Å². The number of halogens is 1. The standard InChI is InChI=1S/C23H38N4O2.HI/c1-18-8-9-20(22(15-18)29-21-10-14-28-17-21)16-26-23(24-3)25-11-6-13-27-12-5-4-7-19(27)2;/h8-9,15,19,21H,4-7,10-14,16-17H2,1-3H3,(H2,24,25,26);1H. The molecule has 2 unspecified atom stereocenters. The number of hydrogen-bond acceptors (Lipinski definition) is 4. The van der Waals surface area contributed by atoms with Crippen LogP contribution in [0.2, 0.25) is 0 Å². The highest BCUT2D eigenvalue weighted by atomic mass is 127. The van der Waals surface area contributed by atoms with E-state index >= 15 is 0 Å². The van der Waals surface area contributed by atoms with E-state index in [-0.39, 0.29) is 30.1 Å². The van der Waals surface area contributed by atoms with Crippen LogP contribution in [0, 0.1) is 6.92 Å². The van der Waals surface area contributed by atoms with Gasteiger partial charge in [0.15, 0.2) is 5.96 Å². The van der Waals surface area contributed by atoms with Gasteiger partial charge in [0.2, 0.25) is 0 Å². The summed E-state index contributed by atoms with van der Waals surface area (Å²) < 4.78 is 11.6. The van der Waals surface area contributed by atoms with Gasteiger partial charge in [0.05, 0.1) is 13.2 Å². The topological polar surface area (TPSA) is 58.1 Å². The van der Waals surface area contributed by atoms with Gasteiger partial charge in [-0.05, 0) is 51.3 Å². The van der Waals surface area contributed by atoms with E-state index in [2.05, 4.69) is 52.6 Å². The number of nitrogens with one attached hydrogen (secondary N) is 2. The third kappa shape index (κ3) is 7.89. The molecule has 170 valence electrons. The smallest absolute Gasteiger partial charge is 0.191 e. The number of guanidine groups is 1. The summed E-state index contributed by atoms with van der Waals surface area (Å²) in [4.78, 5) is 6.99. The largest absolute Gasteiger partial charge is 0.488 e. The van der Waals surface area contributed by atoms with Crippen molar-refractivity contribution >= 4 is 29.9 Å². The van der Waals surface area contributed by atoms with Crippen LogP contribution in [0.4, 0.5) is 0 Å². The second kappa shape index (κ2) is 13.4. The van der Waals surface area contributed by atoms with Gasteiger partial charge in [-0.15, -0.1) is 24.0 Å². The second-order valence-corrected chi connectivity index (χ2v) is 8.30. The van der Waals surface area contributed by atoms with Crippen LogP contribution in [0.1, 0.15) is 50.2 Å². The molecule has 1 aromatic carbocycles. The first-order valence-corrected chi connectivity index (χ1v) is 11.2. The van der Waals surface area contributed by atoms with Crippen molar-refractivity contribution in [1.82, 2.24) is 15.5 Å². The molecule has 6 nitrogen and oxygen atoms in total. The van der Waals surface area contributed by atoms with E-state index in [1.165, 1.54) is 31.4 Å². The number of aryl methyl sites for hydroxylation is 1. The molecule has 2 heterocycles. The Bertz CT molecular complexity index is 665. The second-order valence-electron chi connectivity index (χ2n) is 8.30. The molecule has 2 aliphatic heterocycles. The maximum Gasteiger partial charge on any atom is 0.191 e. The fourth-order valence-electron chi connectivity index (χ4n) is 4.08. The lowest BCUT2D eigenvalue weighted by Crippen LogP contribution is -2.41. The van der Waals surface area contributed by atoms with E-state index in [4.69, 9.17) is 9.47 Å². The predicted molar refractivity (Wildman–Crippen MR) is 134 cm³/mol. The molecular weight excluding hydrogens is 491 g/mol. The number of aliphatic imine (C=N–C) groups is 1. The summed E-state index contributed by atoms with van der Waals surface area (Å²) in [7, 11) is 1.82. The fourth-order valence-corrected chi connectivity index (χ4v) is 4.08. The number of hydrogen-bond donors (Lipinski definition) is 2.